The molecule has 0 bridgehead atoms. The van der Waals surface area contributed by atoms with Gasteiger partial charge in [0, 0.05) is 31.7 Å². The third-order valence-electron chi connectivity index (χ3n) is 4.23. The molecule has 108 valence electrons. The van der Waals surface area contributed by atoms with Crippen LogP contribution in [-0.4, -0.2) is 35.5 Å². The molecule has 2 aliphatic rings. The molecule has 0 unspecified atom stereocenters. The van der Waals surface area contributed by atoms with E-state index in [1.54, 1.807) is 0 Å². The Balaban J connectivity index is 1.70. The first kappa shape index (κ1) is 13.5. The van der Waals surface area contributed by atoms with Gasteiger partial charge in [0.2, 0.25) is 0 Å². The number of fused-ring (bicyclic) bond motifs is 1. The van der Waals surface area contributed by atoms with Gasteiger partial charge in [-0.3, -0.25) is 15.0 Å². The molecule has 5 nitrogen and oxygen atoms in total. The third kappa shape index (κ3) is 2.81. The van der Waals surface area contributed by atoms with Crippen LogP contribution in [0.15, 0.2) is 18.2 Å². The smallest absolute Gasteiger partial charge is 0.272 e. The number of hydrogen-bond acceptors (Lipinski definition) is 4. The second kappa shape index (κ2) is 5.46. The minimum atomic E-state index is -0.544. The molecular formula is C14H18FN3O2. The number of rotatable bonds is 3. The van der Waals surface area contributed by atoms with E-state index in [1.807, 2.05) is 0 Å². The van der Waals surface area contributed by atoms with Crippen molar-refractivity contribution in [3.63, 3.8) is 0 Å². The molecular weight excluding hydrogens is 261 g/mol. The predicted octanol–water partition coefficient (Wildman–Crippen LogP) is 1.92. The second-order valence-corrected chi connectivity index (χ2v) is 5.73. The van der Waals surface area contributed by atoms with Gasteiger partial charge in [-0.15, -0.1) is 0 Å². The van der Waals surface area contributed by atoms with E-state index in [1.165, 1.54) is 25.0 Å². The van der Waals surface area contributed by atoms with Crippen molar-refractivity contribution < 1.29 is 9.31 Å². The van der Waals surface area contributed by atoms with Crippen LogP contribution in [0.5, 0.6) is 0 Å². The van der Waals surface area contributed by atoms with Crippen molar-refractivity contribution in [1.29, 1.82) is 0 Å². The zero-order valence-electron chi connectivity index (χ0n) is 11.2. The fourth-order valence-corrected chi connectivity index (χ4v) is 3.35. The van der Waals surface area contributed by atoms with Crippen molar-refractivity contribution >= 4 is 5.69 Å². The Morgan fingerprint density at radius 2 is 2.25 bits per heavy atom. The van der Waals surface area contributed by atoms with Crippen LogP contribution >= 0.6 is 0 Å². The summed E-state index contributed by atoms with van der Waals surface area (Å²) in [7, 11) is 0. The molecule has 1 aromatic rings. The summed E-state index contributed by atoms with van der Waals surface area (Å²) in [5.41, 5.74) is 0.505. The molecule has 1 N–H and O–H groups in total. The van der Waals surface area contributed by atoms with Crippen molar-refractivity contribution in [2.24, 2.45) is 5.92 Å². The lowest BCUT2D eigenvalue weighted by Gasteiger charge is -2.24. The third-order valence-corrected chi connectivity index (χ3v) is 4.23. The van der Waals surface area contributed by atoms with Gasteiger partial charge in [0.05, 0.1) is 11.0 Å². The molecule has 2 fully saturated rings. The number of hydrogen-bond donors (Lipinski definition) is 1. The maximum absolute atomic E-state index is 13.4. The molecule has 0 saturated carbocycles. The predicted molar refractivity (Wildman–Crippen MR) is 72.8 cm³/mol. The van der Waals surface area contributed by atoms with Crippen LogP contribution in [0, 0.1) is 21.8 Å². The van der Waals surface area contributed by atoms with E-state index < -0.39 is 10.7 Å². The number of piperidine rings is 1. The number of nitro benzene ring substituents is 1. The minimum absolute atomic E-state index is 0.172. The van der Waals surface area contributed by atoms with E-state index in [2.05, 4.69) is 10.2 Å². The quantitative estimate of drug-likeness (QED) is 0.678. The van der Waals surface area contributed by atoms with Crippen LogP contribution in [0.25, 0.3) is 0 Å². The van der Waals surface area contributed by atoms with E-state index in [4.69, 9.17) is 0 Å². The minimum Gasteiger partial charge on any atom is -0.312 e. The highest BCUT2D eigenvalue weighted by Crippen LogP contribution is 2.27. The largest absolute Gasteiger partial charge is 0.312 e. The summed E-state index contributed by atoms with van der Waals surface area (Å²) in [6, 6.07) is 4.35. The van der Waals surface area contributed by atoms with Crippen molar-refractivity contribution in [3.8, 4) is 0 Å². The molecule has 0 aliphatic carbocycles. The Morgan fingerprint density at radius 1 is 1.40 bits per heavy atom. The average Bonchev–Trinajstić information content (AvgIpc) is 2.79. The van der Waals surface area contributed by atoms with Gasteiger partial charge >= 0.3 is 0 Å². The molecule has 1 aromatic carbocycles. The Labute approximate surface area is 116 Å². The van der Waals surface area contributed by atoms with Crippen LogP contribution in [0.2, 0.25) is 0 Å². The Bertz CT molecular complexity index is 509. The summed E-state index contributed by atoms with van der Waals surface area (Å²) in [6.45, 7) is 3.57. The van der Waals surface area contributed by atoms with Gasteiger partial charge in [0.1, 0.15) is 5.82 Å². The van der Waals surface area contributed by atoms with Crippen molar-refractivity contribution in [2.75, 3.05) is 19.6 Å². The molecule has 0 spiro atoms. The van der Waals surface area contributed by atoms with E-state index in [-0.39, 0.29) is 5.69 Å². The Kier molecular flexibility index (Phi) is 3.67. The van der Waals surface area contributed by atoms with Crippen LogP contribution in [0.4, 0.5) is 10.1 Å². The van der Waals surface area contributed by atoms with E-state index in [0.717, 1.165) is 25.7 Å². The summed E-state index contributed by atoms with van der Waals surface area (Å²) in [5, 5.41) is 14.3. The lowest BCUT2D eigenvalue weighted by molar-refractivity contribution is -0.385. The Hall–Kier alpha value is -1.53. The van der Waals surface area contributed by atoms with Crippen LogP contribution < -0.4 is 5.32 Å². The highest BCUT2D eigenvalue weighted by molar-refractivity contribution is 5.35. The molecule has 20 heavy (non-hydrogen) atoms. The summed E-state index contributed by atoms with van der Waals surface area (Å²) >= 11 is 0. The lowest BCUT2D eigenvalue weighted by Crippen LogP contribution is -2.40. The lowest BCUT2D eigenvalue weighted by atomic mass is 9.94. The monoisotopic (exact) mass is 279 g/mol. The van der Waals surface area contributed by atoms with Crippen LogP contribution in [0.3, 0.4) is 0 Å². The molecule has 2 aliphatic heterocycles. The number of nitrogens with one attached hydrogen (secondary N) is 1. The number of benzene rings is 1. The van der Waals surface area contributed by atoms with Gasteiger partial charge in [-0.2, -0.15) is 0 Å². The van der Waals surface area contributed by atoms with E-state index in [9.17, 15) is 14.5 Å². The van der Waals surface area contributed by atoms with E-state index >= 15 is 0 Å². The van der Waals surface area contributed by atoms with Gasteiger partial charge < -0.3 is 5.32 Å². The number of nitro groups is 1. The van der Waals surface area contributed by atoms with Gasteiger partial charge in [-0.25, -0.2) is 4.39 Å². The highest BCUT2D eigenvalue weighted by atomic mass is 19.1. The Morgan fingerprint density at radius 3 is 3.00 bits per heavy atom. The summed E-state index contributed by atoms with van der Waals surface area (Å²) in [5.74, 6) is 0.122. The second-order valence-electron chi connectivity index (χ2n) is 5.73. The molecule has 0 aromatic heterocycles. The van der Waals surface area contributed by atoms with Gasteiger partial charge in [-0.05, 0) is 36.9 Å². The highest BCUT2D eigenvalue weighted by Gasteiger charge is 2.34. The maximum atomic E-state index is 13.4. The molecule has 0 amide bonds. The summed E-state index contributed by atoms with van der Waals surface area (Å²) in [6.07, 6.45) is 2.44. The average molecular weight is 279 g/mol. The zero-order chi connectivity index (χ0) is 14.1. The first-order valence-electron chi connectivity index (χ1n) is 7.01. The standard InChI is InChI=1S/C14H18FN3O2/c15-12-4-10(5-13(6-12)18(19)20)7-17-8-11-2-1-3-16-14(11)9-17/h4-6,11,14,16H,1-3,7-9H2/t11-,14+/m0/s1. The van der Waals surface area contributed by atoms with Crippen LogP contribution in [-0.2, 0) is 6.54 Å². The van der Waals surface area contributed by atoms with Crippen LogP contribution in [0.1, 0.15) is 18.4 Å². The zero-order valence-corrected chi connectivity index (χ0v) is 11.2. The first-order chi connectivity index (χ1) is 9.61. The van der Waals surface area contributed by atoms with Gasteiger partial charge in [0.15, 0.2) is 0 Å². The summed E-state index contributed by atoms with van der Waals surface area (Å²) < 4.78 is 13.4. The normalized spacial score (nSPS) is 26.4. The molecule has 6 heteroatoms. The molecule has 3 rings (SSSR count). The SMILES string of the molecule is O=[N+]([O-])c1cc(F)cc(CN2C[C@@H]3CCCN[C@@H]3C2)c1. The molecule has 2 atom stereocenters. The van der Waals surface area contributed by atoms with Crippen molar-refractivity contribution in [2.45, 2.75) is 25.4 Å². The topological polar surface area (TPSA) is 58.4 Å². The number of non-ortho nitro benzene ring substituents is 1. The van der Waals surface area contributed by atoms with Crippen molar-refractivity contribution in [1.82, 2.24) is 10.2 Å². The first-order valence-corrected chi connectivity index (χ1v) is 7.01. The molecule has 2 heterocycles. The fourth-order valence-electron chi connectivity index (χ4n) is 3.35. The maximum Gasteiger partial charge on any atom is 0.272 e. The number of nitrogens with zero attached hydrogens (tertiary/aromatic N) is 2. The van der Waals surface area contributed by atoms with Gasteiger partial charge in [0.25, 0.3) is 5.69 Å². The number of halogens is 1. The van der Waals surface area contributed by atoms with E-state index in [0.29, 0.717) is 24.1 Å². The fraction of sp³-hybridized carbons (Fsp3) is 0.571. The molecule has 2 saturated heterocycles. The van der Waals surface area contributed by atoms with Gasteiger partial charge in [-0.1, -0.05) is 0 Å². The van der Waals surface area contributed by atoms with Crippen molar-refractivity contribution in [3.05, 3.63) is 39.7 Å². The number of likely N-dealkylation sites (tertiary alicyclic amines) is 1. The summed E-state index contributed by atoms with van der Waals surface area (Å²) in [4.78, 5) is 12.5. The molecule has 0 radical (unpaired) electrons.